The highest BCUT2D eigenvalue weighted by Crippen LogP contribution is 2.40. The van der Waals surface area contributed by atoms with Crippen LogP contribution in [0.1, 0.15) is 11.3 Å². The van der Waals surface area contributed by atoms with Gasteiger partial charge in [0.05, 0.1) is 5.57 Å². The molecule has 0 saturated heterocycles. The average Bonchev–Trinajstić information content (AvgIpc) is 3.11. The lowest BCUT2D eigenvalue weighted by atomic mass is 9.86. The summed E-state index contributed by atoms with van der Waals surface area (Å²) in [6.45, 7) is -3.91. The van der Waals surface area contributed by atoms with Crippen LogP contribution in [0.15, 0.2) is 58.9 Å². The molecule has 0 fully saturated rings. The first kappa shape index (κ1) is 13.6. The molecule has 1 aromatic carbocycles. The monoisotopic (exact) mass is 364 g/mol. The number of rotatable bonds is 1. The van der Waals surface area contributed by atoms with Crippen molar-refractivity contribution in [2.24, 2.45) is 0 Å². The fourth-order valence-electron chi connectivity index (χ4n) is 2.99. The molecular formula is C15H9BBrF3N2. The lowest BCUT2D eigenvalue weighted by Gasteiger charge is -2.31. The quantitative estimate of drug-likeness (QED) is 0.675. The van der Waals surface area contributed by atoms with Gasteiger partial charge in [-0.1, -0.05) is 22.0 Å². The van der Waals surface area contributed by atoms with Crippen molar-refractivity contribution in [2.45, 2.75) is 0 Å². The van der Waals surface area contributed by atoms with Gasteiger partial charge in [0.25, 0.3) is 0 Å². The third-order valence-electron chi connectivity index (χ3n) is 3.94. The summed E-state index contributed by atoms with van der Waals surface area (Å²) >= 11 is 3.33. The predicted molar refractivity (Wildman–Crippen MR) is 83.4 cm³/mol. The summed E-state index contributed by atoms with van der Waals surface area (Å²) in [5.74, 6) is -0.382. The third kappa shape index (κ3) is 1.72. The summed E-state index contributed by atoms with van der Waals surface area (Å²) < 4.78 is 45.1. The number of nitrogens with zero attached hydrogens (tertiary/aromatic N) is 2. The van der Waals surface area contributed by atoms with Gasteiger partial charge in [0.15, 0.2) is 5.70 Å². The summed E-state index contributed by atoms with van der Waals surface area (Å²) in [5, 5.41) is 0. The topological polar surface area (TPSA) is 7.94 Å². The number of aromatic nitrogens is 1. The first-order chi connectivity index (χ1) is 10.5. The molecule has 0 spiro atoms. The molecule has 1 aromatic heterocycles. The van der Waals surface area contributed by atoms with Crippen LogP contribution in [0.25, 0.3) is 5.57 Å². The Labute approximate surface area is 133 Å². The van der Waals surface area contributed by atoms with Crippen LogP contribution in [0, 0.1) is 5.82 Å². The molecule has 3 heterocycles. The van der Waals surface area contributed by atoms with Gasteiger partial charge in [-0.05, 0) is 30.5 Å². The van der Waals surface area contributed by atoms with E-state index in [0.29, 0.717) is 27.0 Å². The molecule has 2 aliphatic heterocycles. The summed E-state index contributed by atoms with van der Waals surface area (Å²) in [5.41, 5.74) is 2.16. The van der Waals surface area contributed by atoms with Crippen LogP contribution in [0.2, 0.25) is 0 Å². The molecule has 0 amide bonds. The summed E-state index contributed by atoms with van der Waals surface area (Å²) in [7, 11) is 0. The van der Waals surface area contributed by atoms with E-state index in [1.807, 2.05) is 0 Å². The van der Waals surface area contributed by atoms with Gasteiger partial charge in [0.1, 0.15) is 12.0 Å². The van der Waals surface area contributed by atoms with Gasteiger partial charge >= 0.3 is 6.97 Å². The van der Waals surface area contributed by atoms with E-state index in [-0.39, 0.29) is 5.82 Å². The molecule has 4 rings (SSSR count). The maximum atomic E-state index is 14.6. The Balaban J connectivity index is 2.07. The SMILES string of the molecule is Fc1ccc(C2=C3C=CC=[N+]3[B-](F)(F)n3cccc32)c(Br)c1. The van der Waals surface area contributed by atoms with Crippen LogP contribution in [0.3, 0.4) is 0 Å². The van der Waals surface area contributed by atoms with Crippen molar-refractivity contribution in [3.8, 4) is 0 Å². The molecule has 2 nitrogen and oxygen atoms in total. The molecule has 0 aliphatic carbocycles. The zero-order valence-electron chi connectivity index (χ0n) is 11.2. The van der Waals surface area contributed by atoms with Crippen molar-refractivity contribution in [3.63, 3.8) is 0 Å². The number of halogens is 4. The molecule has 2 aromatic rings. The van der Waals surface area contributed by atoms with Crippen LogP contribution < -0.4 is 0 Å². The maximum absolute atomic E-state index is 14.6. The molecule has 0 bridgehead atoms. The second-order valence-corrected chi connectivity index (χ2v) is 6.04. The predicted octanol–water partition coefficient (Wildman–Crippen LogP) is 4.04. The van der Waals surface area contributed by atoms with Crippen LogP contribution in [0.4, 0.5) is 13.0 Å². The minimum atomic E-state index is -3.91. The molecular weight excluding hydrogens is 356 g/mol. The van der Waals surface area contributed by atoms with E-state index in [1.165, 1.54) is 24.5 Å². The fraction of sp³-hybridized carbons (Fsp3) is 0. The van der Waals surface area contributed by atoms with Crippen molar-refractivity contribution in [1.82, 2.24) is 4.48 Å². The Hall–Kier alpha value is -2.02. The van der Waals surface area contributed by atoms with Gasteiger partial charge in [-0.15, -0.1) is 0 Å². The smallest absolute Gasteiger partial charge is 0.396 e. The van der Waals surface area contributed by atoms with E-state index in [4.69, 9.17) is 0 Å². The normalized spacial score (nSPS) is 18.3. The fourth-order valence-corrected chi connectivity index (χ4v) is 3.54. The highest BCUT2D eigenvalue weighted by Gasteiger charge is 2.51. The van der Waals surface area contributed by atoms with Crippen molar-refractivity contribution in [3.05, 3.63) is 75.9 Å². The van der Waals surface area contributed by atoms with E-state index in [1.54, 1.807) is 30.4 Å². The largest absolute Gasteiger partial charge is 0.737 e. The first-order valence-electron chi connectivity index (χ1n) is 6.69. The minimum absolute atomic E-state index is 0.382. The number of hydrogen-bond donors (Lipinski definition) is 0. The van der Waals surface area contributed by atoms with Gasteiger partial charge in [-0.2, -0.15) is 0 Å². The summed E-state index contributed by atoms with van der Waals surface area (Å²) in [4.78, 5) is 0. The minimum Gasteiger partial charge on any atom is -0.396 e. The van der Waals surface area contributed by atoms with Crippen LogP contribution >= 0.6 is 15.9 Å². The molecule has 110 valence electrons. The number of benzene rings is 1. The molecule has 7 heteroatoms. The number of fused-ring (bicyclic) bond motifs is 2. The highest BCUT2D eigenvalue weighted by atomic mass is 79.9. The van der Waals surface area contributed by atoms with E-state index >= 15 is 0 Å². The van der Waals surface area contributed by atoms with Gasteiger partial charge in [-0.3, -0.25) is 0 Å². The van der Waals surface area contributed by atoms with E-state index in [0.717, 1.165) is 8.96 Å². The van der Waals surface area contributed by atoms with Crippen molar-refractivity contribution in [1.29, 1.82) is 0 Å². The van der Waals surface area contributed by atoms with Crippen molar-refractivity contribution < 1.29 is 17.5 Å². The van der Waals surface area contributed by atoms with Gasteiger partial charge in [-0.25, -0.2) is 4.39 Å². The number of hydrogen-bond acceptors (Lipinski definition) is 0. The Morgan fingerprint density at radius 2 is 2.00 bits per heavy atom. The molecule has 0 unspecified atom stereocenters. The summed E-state index contributed by atoms with van der Waals surface area (Å²) in [6, 6.07) is 7.50. The second kappa shape index (κ2) is 4.49. The van der Waals surface area contributed by atoms with Gasteiger partial charge in [0.2, 0.25) is 0 Å². The van der Waals surface area contributed by atoms with Gasteiger partial charge < -0.3 is 17.6 Å². The lowest BCUT2D eigenvalue weighted by molar-refractivity contribution is -0.356. The molecule has 2 aliphatic rings. The molecule has 0 N–H and O–H groups in total. The zero-order chi connectivity index (χ0) is 15.5. The lowest BCUT2D eigenvalue weighted by Crippen LogP contribution is -2.49. The molecule has 0 atom stereocenters. The standard InChI is InChI=1S/C15H9BBrF3N2/c17-12-9-10(18)5-6-11(12)15-13-3-1-7-21(13)16(19,20)22-8-2-4-14(15)22/h1-9H. The Morgan fingerprint density at radius 1 is 1.18 bits per heavy atom. The Morgan fingerprint density at radius 3 is 2.77 bits per heavy atom. The number of allylic oxidation sites excluding steroid dienone is 2. The zero-order valence-corrected chi connectivity index (χ0v) is 12.8. The first-order valence-corrected chi connectivity index (χ1v) is 7.49. The third-order valence-corrected chi connectivity index (χ3v) is 4.60. The second-order valence-electron chi connectivity index (χ2n) is 5.19. The molecule has 22 heavy (non-hydrogen) atoms. The highest BCUT2D eigenvalue weighted by molar-refractivity contribution is 9.10. The van der Waals surface area contributed by atoms with Crippen LogP contribution in [-0.4, -0.2) is 22.1 Å². The van der Waals surface area contributed by atoms with E-state index in [2.05, 4.69) is 15.9 Å². The van der Waals surface area contributed by atoms with Crippen molar-refractivity contribution >= 4 is 34.7 Å². The molecule has 0 saturated carbocycles. The van der Waals surface area contributed by atoms with E-state index < -0.39 is 6.97 Å². The average molecular weight is 365 g/mol. The van der Waals surface area contributed by atoms with Crippen molar-refractivity contribution in [2.75, 3.05) is 0 Å². The molecule has 0 radical (unpaired) electrons. The van der Waals surface area contributed by atoms with Crippen LogP contribution in [-0.2, 0) is 0 Å². The van der Waals surface area contributed by atoms with Crippen LogP contribution in [0.5, 0.6) is 0 Å². The van der Waals surface area contributed by atoms with E-state index in [9.17, 15) is 13.0 Å². The Kier molecular flexibility index (Phi) is 2.78. The Bertz CT molecular complexity index is 896. The summed E-state index contributed by atoms with van der Waals surface area (Å²) in [6.07, 6.45) is 5.98. The van der Waals surface area contributed by atoms with Gasteiger partial charge in [0, 0.05) is 27.9 Å². The maximum Gasteiger partial charge on any atom is 0.737 e.